The van der Waals surface area contributed by atoms with Crippen molar-refractivity contribution in [1.29, 1.82) is 0 Å². The number of ether oxygens (including phenoxy) is 1. The molecule has 1 rings (SSSR count). The van der Waals surface area contributed by atoms with Gasteiger partial charge < -0.3 is 10.5 Å². The van der Waals surface area contributed by atoms with Crippen LogP contribution >= 0.6 is 0 Å². The first kappa shape index (κ1) is 10.7. The molecule has 0 spiro atoms. The van der Waals surface area contributed by atoms with Gasteiger partial charge >= 0.3 is 5.97 Å². The first-order valence-electron chi connectivity index (χ1n) is 4.49. The highest BCUT2D eigenvalue weighted by molar-refractivity contribution is 5.86. The summed E-state index contributed by atoms with van der Waals surface area (Å²) in [5.41, 5.74) is 7.03. The zero-order valence-electron chi connectivity index (χ0n) is 8.36. The second kappa shape index (κ2) is 4.72. The van der Waals surface area contributed by atoms with E-state index in [9.17, 15) is 4.79 Å². The lowest BCUT2D eigenvalue weighted by Gasteiger charge is -2.08. The van der Waals surface area contributed by atoms with Gasteiger partial charge in [0.1, 0.15) is 5.69 Å². The number of rotatable bonds is 3. The Morgan fingerprint density at radius 2 is 2.36 bits per heavy atom. The number of hydrogen-bond donors (Lipinski definition) is 1. The van der Waals surface area contributed by atoms with E-state index >= 15 is 0 Å². The van der Waals surface area contributed by atoms with Gasteiger partial charge in [0.2, 0.25) is 0 Å². The molecule has 0 aliphatic heterocycles. The first-order chi connectivity index (χ1) is 6.69. The predicted octanol–water partition coefficient (Wildman–Crippen LogP) is 1.28. The van der Waals surface area contributed by atoms with Crippen LogP contribution in [0.25, 0.3) is 0 Å². The number of nitrogens with zero attached hydrogens (tertiary/aromatic N) is 1. The molecule has 1 aromatic heterocycles. The minimum atomic E-state index is -0.429. The highest BCUT2D eigenvalue weighted by Crippen LogP contribution is 2.12. The SMILES string of the molecule is CC[C@@H](N)c1ccc(C(=O)OC)nc1. The zero-order chi connectivity index (χ0) is 10.6. The largest absolute Gasteiger partial charge is 0.464 e. The van der Waals surface area contributed by atoms with Gasteiger partial charge in [-0.05, 0) is 18.1 Å². The quantitative estimate of drug-likeness (QED) is 0.736. The molecule has 76 valence electrons. The van der Waals surface area contributed by atoms with Gasteiger partial charge in [-0.15, -0.1) is 0 Å². The molecule has 0 radical (unpaired) electrons. The van der Waals surface area contributed by atoms with Crippen molar-refractivity contribution >= 4 is 5.97 Å². The van der Waals surface area contributed by atoms with Gasteiger partial charge in [-0.2, -0.15) is 0 Å². The summed E-state index contributed by atoms with van der Waals surface area (Å²) in [6.07, 6.45) is 2.46. The number of carbonyl (C=O) groups excluding carboxylic acids is 1. The summed E-state index contributed by atoms with van der Waals surface area (Å²) < 4.78 is 4.53. The molecule has 4 nitrogen and oxygen atoms in total. The second-order valence-corrected chi connectivity index (χ2v) is 2.98. The molecule has 0 aromatic carbocycles. The van der Waals surface area contributed by atoms with Crippen molar-refractivity contribution in [3.8, 4) is 0 Å². The summed E-state index contributed by atoms with van der Waals surface area (Å²) in [5, 5.41) is 0. The van der Waals surface area contributed by atoms with Gasteiger partial charge in [-0.25, -0.2) is 9.78 Å². The minimum Gasteiger partial charge on any atom is -0.464 e. The van der Waals surface area contributed by atoms with E-state index in [-0.39, 0.29) is 6.04 Å². The molecular weight excluding hydrogens is 180 g/mol. The maximum absolute atomic E-state index is 11.0. The van der Waals surface area contributed by atoms with Crippen LogP contribution in [-0.2, 0) is 4.74 Å². The summed E-state index contributed by atoms with van der Waals surface area (Å²) in [6, 6.07) is 3.40. The van der Waals surface area contributed by atoms with Gasteiger partial charge in [0.15, 0.2) is 0 Å². The van der Waals surface area contributed by atoms with Crippen LogP contribution in [-0.4, -0.2) is 18.1 Å². The molecule has 0 saturated carbocycles. The van der Waals surface area contributed by atoms with E-state index in [4.69, 9.17) is 5.73 Å². The molecule has 0 aliphatic rings. The van der Waals surface area contributed by atoms with E-state index < -0.39 is 5.97 Å². The van der Waals surface area contributed by atoms with Crippen LogP contribution in [0, 0.1) is 0 Å². The topological polar surface area (TPSA) is 65.2 Å². The second-order valence-electron chi connectivity index (χ2n) is 2.98. The first-order valence-corrected chi connectivity index (χ1v) is 4.49. The molecule has 0 bridgehead atoms. The van der Waals surface area contributed by atoms with Crippen molar-refractivity contribution in [2.24, 2.45) is 5.73 Å². The average Bonchev–Trinajstić information content (AvgIpc) is 2.27. The van der Waals surface area contributed by atoms with Crippen molar-refractivity contribution < 1.29 is 9.53 Å². The molecule has 1 atom stereocenters. The number of methoxy groups -OCH3 is 1. The van der Waals surface area contributed by atoms with E-state index in [0.717, 1.165) is 12.0 Å². The molecule has 0 unspecified atom stereocenters. The Bertz CT molecular complexity index is 308. The third-order valence-electron chi connectivity index (χ3n) is 2.05. The van der Waals surface area contributed by atoms with Gasteiger partial charge in [-0.3, -0.25) is 0 Å². The molecule has 1 aromatic rings. The predicted molar refractivity (Wildman–Crippen MR) is 52.8 cm³/mol. The molecule has 1 heterocycles. The minimum absolute atomic E-state index is 0.0193. The van der Waals surface area contributed by atoms with Crippen LogP contribution in [0.4, 0.5) is 0 Å². The van der Waals surface area contributed by atoms with Crippen molar-refractivity contribution in [2.45, 2.75) is 19.4 Å². The Morgan fingerprint density at radius 1 is 1.64 bits per heavy atom. The zero-order valence-corrected chi connectivity index (χ0v) is 8.36. The van der Waals surface area contributed by atoms with Gasteiger partial charge in [0, 0.05) is 12.2 Å². The van der Waals surface area contributed by atoms with Crippen LogP contribution in [0.1, 0.15) is 35.4 Å². The number of hydrogen-bond acceptors (Lipinski definition) is 4. The highest BCUT2D eigenvalue weighted by Gasteiger charge is 2.08. The van der Waals surface area contributed by atoms with Gasteiger partial charge in [0.25, 0.3) is 0 Å². The monoisotopic (exact) mass is 194 g/mol. The Balaban J connectivity index is 2.83. The van der Waals surface area contributed by atoms with Crippen LogP contribution < -0.4 is 5.73 Å². The van der Waals surface area contributed by atoms with E-state index in [1.54, 1.807) is 18.3 Å². The molecule has 0 saturated heterocycles. The Labute approximate surface area is 83.1 Å². The maximum atomic E-state index is 11.0. The molecular formula is C10H14N2O2. The lowest BCUT2D eigenvalue weighted by molar-refractivity contribution is 0.0594. The fourth-order valence-corrected chi connectivity index (χ4v) is 1.09. The molecule has 0 amide bonds. The third-order valence-corrected chi connectivity index (χ3v) is 2.05. The normalized spacial score (nSPS) is 12.2. The fourth-order valence-electron chi connectivity index (χ4n) is 1.09. The summed E-state index contributed by atoms with van der Waals surface area (Å²) in [5.74, 6) is -0.429. The Morgan fingerprint density at radius 3 is 2.79 bits per heavy atom. The molecule has 4 heteroatoms. The number of nitrogens with two attached hydrogens (primary N) is 1. The van der Waals surface area contributed by atoms with E-state index in [1.165, 1.54) is 7.11 Å². The van der Waals surface area contributed by atoms with E-state index in [1.807, 2.05) is 6.92 Å². The summed E-state index contributed by atoms with van der Waals surface area (Å²) >= 11 is 0. The average molecular weight is 194 g/mol. The molecule has 14 heavy (non-hydrogen) atoms. The van der Waals surface area contributed by atoms with E-state index in [2.05, 4.69) is 9.72 Å². The fraction of sp³-hybridized carbons (Fsp3) is 0.400. The van der Waals surface area contributed by atoms with Crippen LogP contribution in [0.5, 0.6) is 0 Å². The summed E-state index contributed by atoms with van der Waals surface area (Å²) in [7, 11) is 1.33. The highest BCUT2D eigenvalue weighted by atomic mass is 16.5. The van der Waals surface area contributed by atoms with Crippen LogP contribution in [0.2, 0.25) is 0 Å². The molecule has 2 N–H and O–H groups in total. The van der Waals surface area contributed by atoms with Crippen LogP contribution in [0.3, 0.4) is 0 Å². The number of esters is 1. The van der Waals surface area contributed by atoms with Crippen molar-refractivity contribution in [3.63, 3.8) is 0 Å². The lowest BCUT2D eigenvalue weighted by Crippen LogP contribution is -2.10. The van der Waals surface area contributed by atoms with Crippen LogP contribution in [0.15, 0.2) is 18.3 Å². The Hall–Kier alpha value is -1.42. The third kappa shape index (κ3) is 2.29. The smallest absolute Gasteiger partial charge is 0.356 e. The van der Waals surface area contributed by atoms with Crippen molar-refractivity contribution in [1.82, 2.24) is 4.98 Å². The lowest BCUT2D eigenvalue weighted by atomic mass is 10.1. The Kier molecular flexibility index (Phi) is 3.59. The summed E-state index contributed by atoms with van der Waals surface area (Å²) in [6.45, 7) is 2.00. The van der Waals surface area contributed by atoms with Gasteiger partial charge in [-0.1, -0.05) is 13.0 Å². The number of aromatic nitrogens is 1. The maximum Gasteiger partial charge on any atom is 0.356 e. The molecule has 0 aliphatic carbocycles. The van der Waals surface area contributed by atoms with Crippen molar-refractivity contribution in [2.75, 3.05) is 7.11 Å². The number of pyridine rings is 1. The van der Waals surface area contributed by atoms with Crippen molar-refractivity contribution in [3.05, 3.63) is 29.6 Å². The van der Waals surface area contributed by atoms with Gasteiger partial charge in [0.05, 0.1) is 7.11 Å². The van der Waals surface area contributed by atoms with E-state index in [0.29, 0.717) is 5.69 Å². The summed E-state index contributed by atoms with van der Waals surface area (Å²) in [4.78, 5) is 15.0. The number of carbonyl (C=O) groups is 1. The molecule has 0 fully saturated rings. The standard InChI is InChI=1S/C10H14N2O2/c1-3-8(11)7-4-5-9(12-6-7)10(13)14-2/h4-6,8H,3,11H2,1-2H3/t8-/m1/s1.